The number of benzene rings is 1. The van der Waals surface area contributed by atoms with Gasteiger partial charge < -0.3 is 9.30 Å². The lowest BCUT2D eigenvalue weighted by Gasteiger charge is -2.14. The summed E-state index contributed by atoms with van der Waals surface area (Å²) in [6.07, 6.45) is 1.19. The van der Waals surface area contributed by atoms with Crippen LogP contribution in [0, 0.1) is 5.92 Å². The lowest BCUT2D eigenvalue weighted by molar-refractivity contribution is 0.109. The number of aryl methyl sites for hydroxylation is 1. The molecule has 0 saturated heterocycles. The monoisotopic (exact) mass is 246 g/mol. The SMILES string of the molecule is COC(C)c1nc2ccccc2n1CCC(C)C. The molecule has 1 atom stereocenters. The Hall–Kier alpha value is -1.35. The molecular formula is C15H22N2O. The van der Waals surface area contributed by atoms with Gasteiger partial charge in [0.25, 0.3) is 0 Å². The minimum Gasteiger partial charge on any atom is -0.374 e. The third kappa shape index (κ3) is 2.56. The lowest BCUT2D eigenvalue weighted by atomic mass is 10.1. The quantitative estimate of drug-likeness (QED) is 0.802. The normalized spacial score (nSPS) is 13.4. The number of fused-ring (bicyclic) bond motifs is 1. The molecule has 1 unspecified atom stereocenters. The van der Waals surface area contributed by atoms with Crippen molar-refractivity contribution in [2.24, 2.45) is 5.92 Å². The average molecular weight is 246 g/mol. The fourth-order valence-electron chi connectivity index (χ4n) is 2.13. The summed E-state index contributed by atoms with van der Waals surface area (Å²) < 4.78 is 7.73. The van der Waals surface area contributed by atoms with E-state index in [-0.39, 0.29) is 6.10 Å². The van der Waals surface area contributed by atoms with E-state index in [0.717, 1.165) is 24.3 Å². The van der Waals surface area contributed by atoms with E-state index in [1.807, 2.05) is 13.0 Å². The van der Waals surface area contributed by atoms with Gasteiger partial charge in [-0.3, -0.25) is 0 Å². The van der Waals surface area contributed by atoms with Crippen molar-refractivity contribution in [3.63, 3.8) is 0 Å². The number of hydrogen-bond acceptors (Lipinski definition) is 2. The van der Waals surface area contributed by atoms with Crippen LogP contribution in [-0.4, -0.2) is 16.7 Å². The van der Waals surface area contributed by atoms with Gasteiger partial charge in [0, 0.05) is 13.7 Å². The highest BCUT2D eigenvalue weighted by atomic mass is 16.5. The van der Waals surface area contributed by atoms with E-state index >= 15 is 0 Å². The summed E-state index contributed by atoms with van der Waals surface area (Å²) in [5.74, 6) is 1.72. The predicted molar refractivity (Wildman–Crippen MR) is 74.6 cm³/mol. The zero-order valence-corrected chi connectivity index (χ0v) is 11.7. The lowest BCUT2D eigenvalue weighted by Crippen LogP contribution is -2.10. The second kappa shape index (κ2) is 5.53. The van der Waals surface area contributed by atoms with Crippen molar-refractivity contribution >= 4 is 11.0 Å². The molecule has 0 spiro atoms. The van der Waals surface area contributed by atoms with E-state index in [4.69, 9.17) is 9.72 Å². The molecule has 1 aromatic heterocycles. The first-order valence-electron chi connectivity index (χ1n) is 6.61. The maximum absolute atomic E-state index is 5.43. The van der Waals surface area contributed by atoms with Crippen molar-refractivity contribution in [1.29, 1.82) is 0 Å². The Morgan fingerprint density at radius 3 is 2.61 bits per heavy atom. The van der Waals surface area contributed by atoms with Crippen molar-refractivity contribution in [2.45, 2.75) is 39.8 Å². The maximum atomic E-state index is 5.43. The molecule has 0 aliphatic carbocycles. The molecule has 18 heavy (non-hydrogen) atoms. The molecule has 0 aliphatic heterocycles. The number of hydrogen-bond donors (Lipinski definition) is 0. The molecule has 0 bridgehead atoms. The van der Waals surface area contributed by atoms with Crippen molar-refractivity contribution in [1.82, 2.24) is 9.55 Å². The topological polar surface area (TPSA) is 27.1 Å². The Bertz CT molecular complexity index is 516. The fraction of sp³-hybridized carbons (Fsp3) is 0.533. The predicted octanol–water partition coefficient (Wildman–Crippen LogP) is 3.79. The summed E-state index contributed by atoms with van der Waals surface area (Å²) in [5, 5.41) is 0. The number of imidazole rings is 1. The van der Waals surface area contributed by atoms with Gasteiger partial charge in [-0.25, -0.2) is 4.98 Å². The zero-order valence-electron chi connectivity index (χ0n) is 11.7. The van der Waals surface area contributed by atoms with Crippen LogP contribution in [0.3, 0.4) is 0 Å². The van der Waals surface area contributed by atoms with E-state index in [1.165, 1.54) is 5.52 Å². The Balaban J connectivity index is 2.44. The van der Waals surface area contributed by atoms with Gasteiger partial charge in [0.1, 0.15) is 11.9 Å². The number of rotatable bonds is 5. The van der Waals surface area contributed by atoms with Gasteiger partial charge in [-0.2, -0.15) is 0 Å². The molecule has 0 fully saturated rings. The van der Waals surface area contributed by atoms with Crippen molar-refractivity contribution in [3.05, 3.63) is 30.1 Å². The number of para-hydroxylation sites is 2. The number of aromatic nitrogens is 2. The summed E-state index contributed by atoms with van der Waals surface area (Å²) in [5.41, 5.74) is 2.26. The molecule has 0 saturated carbocycles. The van der Waals surface area contributed by atoms with Crippen LogP contribution in [0.5, 0.6) is 0 Å². The molecule has 0 aliphatic rings. The van der Waals surface area contributed by atoms with Gasteiger partial charge in [0.2, 0.25) is 0 Å². The summed E-state index contributed by atoms with van der Waals surface area (Å²) in [4.78, 5) is 4.70. The maximum Gasteiger partial charge on any atom is 0.138 e. The molecule has 3 nitrogen and oxygen atoms in total. The first-order valence-corrected chi connectivity index (χ1v) is 6.61. The van der Waals surface area contributed by atoms with E-state index in [9.17, 15) is 0 Å². The zero-order chi connectivity index (χ0) is 13.1. The highest BCUT2D eigenvalue weighted by Gasteiger charge is 2.15. The standard InChI is InChI=1S/C15H22N2O/c1-11(2)9-10-17-14-8-6-5-7-13(14)16-15(17)12(3)18-4/h5-8,11-12H,9-10H2,1-4H3. The largest absolute Gasteiger partial charge is 0.374 e. The van der Waals surface area contributed by atoms with Gasteiger partial charge in [0.15, 0.2) is 0 Å². The highest BCUT2D eigenvalue weighted by molar-refractivity contribution is 5.75. The molecule has 1 heterocycles. The van der Waals surface area contributed by atoms with Crippen LogP contribution < -0.4 is 0 Å². The molecule has 0 N–H and O–H groups in total. The molecule has 98 valence electrons. The Morgan fingerprint density at radius 1 is 1.22 bits per heavy atom. The van der Waals surface area contributed by atoms with Crippen molar-refractivity contribution in [2.75, 3.05) is 7.11 Å². The molecule has 0 radical (unpaired) electrons. The summed E-state index contributed by atoms with van der Waals surface area (Å²) in [7, 11) is 1.73. The van der Waals surface area contributed by atoms with Crippen LogP contribution in [0.2, 0.25) is 0 Å². The molecular weight excluding hydrogens is 224 g/mol. The molecule has 2 aromatic rings. The van der Waals surface area contributed by atoms with Gasteiger partial charge >= 0.3 is 0 Å². The second-order valence-corrected chi connectivity index (χ2v) is 5.17. The number of ether oxygens (including phenoxy) is 1. The third-order valence-corrected chi connectivity index (χ3v) is 3.33. The van der Waals surface area contributed by atoms with E-state index < -0.39 is 0 Å². The molecule has 0 amide bonds. The summed E-state index contributed by atoms with van der Waals surface area (Å²) >= 11 is 0. The fourth-order valence-corrected chi connectivity index (χ4v) is 2.13. The van der Waals surface area contributed by atoms with Crippen LogP contribution in [-0.2, 0) is 11.3 Å². The van der Waals surface area contributed by atoms with Gasteiger partial charge in [0.05, 0.1) is 11.0 Å². The van der Waals surface area contributed by atoms with Crippen LogP contribution in [0.1, 0.15) is 39.1 Å². The Labute approximate surface area is 109 Å². The number of methoxy groups -OCH3 is 1. The van der Waals surface area contributed by atoms with E-state index in [0.29, 0.717) is 5.92 Å². The van der Waals surface area contributed by atoms with E-state index in [1.54, 1.807) is 7.11 Å². The highest BCUT2D eigenvalue weighted by Crippen LogP contribution is 2.23. The number of nitrogens with zero attached hydrogens (tertiary/aromatic N) is 2. The van der Waals surface area contributed by atoms with Gasteiger partial charge in [-0.05, 0) is 31.4 Å². The second-order valence-electron chi connectivity index (χ2n) is 5.17. The first kappa shape index (κ1) is 13.1. The third-order valence-electron chi connectivity index (χ3n) is 3.33. The Kier molecular flexibility index (Phi) is 4.02. The molecule has 2 rings (SSSR count). The van der Waals surface area contributed by atoms with Crippen LogP contribution in [0.15, 0.2) is 24.3 Å². The van der Waals surface area contributed by atoms with Crippen LogP contribution in [0.25, 0.3) is 11.0 Å². The average Bonchev–Trinajstić information content (AvgIpc) is 2.74. The molecule has 1 aromatic carbocycles. The van der Waals surface area contributed by atoms with Crippen LogP contribution in [0.4, 0.5) is 0 Å². The first-order chi connectivity index (χ1) is 8.63. The van der Waals surface area contributed by atoms with Gasteiger partial charge in [-0.15, -0.1) is 0 Å². The summed E-state index contributed by atoms with van der Waals surface area (Å²) in [6, 6.07) is 8.29. The minimum atomic E-state index is 0.0320. The van der Waals surface area contributed by atoms with Crippen LogP contribution >= 0.6 is 0 Å². The van der Waals surface area contributed by atoms with Crippen molar-refractivity contribution < 1.29 is 4.74 Å². The van der Waals surface area contributed by atoms with Crippen molar-refractivity contribution in [3.8, 4) is 0 Å². The smallest absolute Gasteiger partial charge is 0.138 e. The van der Waals surface area contributed by atoms with E-state index in [2.05, 4.69) is 36.6 Å². The Morgan fingerprint density at radius 2 is 1.94 bits per heavy atom. The molecule has 3 heteroatoms. The minimum absolute atomic E-state index is 0.0320. The summed E-state index contributed by atoms with van der Waals surface area (Å²) in [6.45, 7) is 7.55. The van der Waals surface area contributed by atoms with Gasteiger partial charge in [-0.1, -0.05) is 26.0 Å².